The molecule has 2 atom stereocenters. The van der Waals surface area contributed by atoms with Gasteiger partial charge in [0.15, 0.2) is 8.32 Å². The molecule has 0 unspecified atom stereocenters. The molecule has 0 aliphatic carbocycles. The van der Waals surface area contributed by atoms with E-state index in [1.54, 1.807) is 13.1 Å². The third-order valence-electron chi connectivity index (χ3n) is 7.98. The number of aliphatic carboxylic acids is 1. The molecule has 0 aliphatic rings. The van der Waals surface area contributed by atoms with E-state index in [9.17, 15) is 49.4 Å². The van der Waals surface area contributed by atoms with Crippen LogP contribution < -0.4 is 0 Å². The van der Waals surface area contributed by atoms with Crippen molar-refractivity contribution in [2.75, 3.05) is 13.7 Å². The molecule has 0 bridgehead atoms. The molecule has 0 amide bonds. The summed E-state index contributed by atoms with van der Waals surface area (Å²) < 4.78 is 139. The number of rotatable bonds is 8. The lowest BCUT2D eigenvalue weighted by atomic mass is 9.80. The minimum Gasteiger partial charge on any atom is -0.479 e. The largest absolute Gasteiger partial charge is 0.479 e. The maximum atomic E-state index is 14.5. The van der Waals surface area contributed by atoms with Crippen molar-refractivity contribution in [3.8, 4) is 0 Å². The van der Waals surface area contributed by atoms with Gasteiger partial charge in [0, 0.05) is 30.6 Å². The van der Waals surface area contributed by atoms with Crippen molar-refractivity contribution in [2.45, 2.75) is 69.0 Å². The molecule has 0 saturated carbocycles. The molecule has 15 heteroatoms. The van der Waals surface area contributed by atoms with Crippen molar-refractivity contribution in [3.05, 3.63) is 76.5 Å². The first-order valence-corrected chi connectivity index (χ1v) is 16.0. The van der Waals surface area contributed by atoms with Crippen molar-refractivity contribution in [1.82, 2.24) is 4.98 Å². The van der Waals surface area contributed by atoms with Gasteiger partial charge >= 0.3 is 24.5 Å². The molecule has 1 heterocycles. The van der Waals surface area contributed by atoms with Crippen molar-refractivity contribution < 1.29 is 58.6 Å². The van der Waals surface area contributed by atoms with E-state index in [2.05, 4.69) is 9.72 Å². The molecule has 3 rings (SSSR count). The van der Waals surface area contributed by atoms with Crippen molar-refractivity contribution in [2.24, 2.45) is 0 Å². The lowest BCUT2D eigenvalue weighted by molar-refractivity contribution is -0.274. The Morgan fingerprint density at radius 3 is 1.91 bits per heavy atom. The van der Waals surface area contributed by atoms with Crippen LogP contribution in [0.3, 0.4) is 0 Å². The average Bonchev–Trinajstić information content (AvgIpc) is 2.86. The molecule has 44 heavy (non-hydrogen) atoms. The molecule has 0 fully saturated rings. The standard InChI is InChI=1S/C29H30F9NO4Si/c1-25(2,3)44(5,6)43-15-19(16-10-7-8-12-20(16)26(42-4,24(40)41)29(36,37)38)18-14-22(28(33,34)35)39-23-17(18)11-9-13-21(23)27(30,31)32/h7-14,19H,15H2,1-6H3,(H,40,41)/t19-,26-/m0/s1. The molecule has 2 aromatic carbocycles. The third-order valence-corrected chi connectivity index (χ3v) is 12.5. The van der Waals surface area contributed by atoms with E-state index in [0.29, 0.717) is 19.2 Å². The number of hydrogen-bond acceptors (Lipinski definition) is 4. The van der Waals surface area contributed by atoms with Crippen LogP contribution in [-0.2, 0) is 31.9 Å². The molecule has 0 saturated heterocycles. The van der Waals surface area contributed by atoms with Crippen LogP contribution in [0.5, 0.6) is 0 Å². The third kappa shape index (κ3) is 6.45. The second kappa shape index (κ2) is 11.6. The fourth-order valence-electron chi connectivity index (χ4n) is 4.62. The number of aromatic nitrogens is 1. The molecular weight excluding hydrogens is 625 g/mol. The van der Waals surface area contributed by atoms with Crippen molar-refractivity contribution >= 4 is 25.2 Å². The molecule has 0 radical (unpaired) electrons. The highest BCUT2D eigenvalue weighted by Crippen LogP contribution is 2.48. The second-order valence-electron chi connectivity index (χ2n) is 11.7. The molecule has 242 valence electrons. The lowest BCUT2D eigenvalue weighted by Gasteiger charge is -2.38. The number of hydrogen-bond donors (Lipinski definition) is 1. The summed E-state index contributed by atoms with van der Waals surface area (Å²) in [6.07, 6.45) is -16.0. The lowest BCUT2D eigenvalue weighted by Crippen LogP contribution is -2.51. The summed E-state index contributed by atoms with van der Waals surface area (Å²) in [4.78, 5) is 15.5. The minimum atomic E-state index is -5.57. The SMILES string of the molecule is CO[C@](C(=O)O)(c1ccccc1[C@H](CO[Si](C)(C)C(C)(C)C)c1cc(C(F)(F)F)nc2c(C(F)(F)F)cccc12)C(F)(F)F. The molecule has 0 aliphatic heterocycles. The van der Waals surface area contributed by atoms with E-state index >= 15 is 0 Å². The summed E-state index contributed by atoms with van der Waals surface area (Å²) in [6, 6.07) is 7.18. The summed E-state index contributed by atoms with van der Waals surface area (Å²) in [7, 11) is -2.30. The smallest absolute Gasteiger partial charge is 0.433 e. The highest BCUT2D eigenvalue weighted by Gasteiger charge is 2.64. The maximum absolute atomic E-state index is 14.5. The van der Waals surface area contributed by atoms with Gasteiger partial charge in [-0.15, -0.1) is 0 Å². The van der Waals surface area contributed by atoms with Crippen LogP contribution in [0.25, 0.3) is 10.9 Å². The number of fused-ring (bicyclic) bond motifs is 1. The molecular formula is C29H30F9NO4Si. The number of carbonyl (C=O) groups is 1. The van der Waals surface area contributed by atoms with Crippen LogP contribution >= 0.6 is 0 Å². The van der Waals surface area contributed by atoms with E-state index in [4.69, 9.17) is 4.43 Å². The summed E-state index contributed by atoms with van der Waals surface area (Å²) in [5.74, 6) is -4.09. The zero-order valence-electron chi connectivity index (χ0n) is 24.4. The number of ether oxygens (including phenoxy) is 1. The minimum absolute atomic E-state index is 0.434. The highest BCUT2D eigenvalue weighted by atomic mass is 28.4. The number of benzene rings is 2. The zero-order valence-corrected chi connectivity index (χ0v) is 25.4. The van der Waals surface area contributed by atoms with Crippen molar-refractivity contribution in [3.63, 3.8) is 0 Å². The van der Waals surface area contributed by atoms with Crippen molar-refractivity contribution in [1.29, 1.82) is 0 Å². The quantitative estimate of drug-likeness (QED) is 0.194. The Morgan fingerprint density at radius 1 is 0.864 bits per heavy atom. The van der Waals surface area contributed by atoms with Crippen LogP contribution in [-0.4, -0.2) is 44.3 Å². The molecule has 3 aromatic rings. The van der Waals surface area contributed by atoms with Gasteiger partial charge in [0.1, 0.15) is 5.69 Å². The van der Waals surface area contributed by atoms with Gasteiger partial charge in [-0.25, -0.2) is 9.78 Å². The van der Waals surface area contributed by atoms with Crippen LogP contribution in [0, 0.1) is 0 Å². The zero-order chi connectivity index (χ0) is 33.7. The number of para-hydroxylation sites is 1. The highest BCUT2D eigenvalue weighted by molar-refractivity contribution is 6.74. The van der Waals surface area contributed by atoms with Gasteiger partial charge in [0.25, 0.3) is 5.60 Å². The molecule has 5 nitrogen and oxygen atoms in total. The van der Waals surface area contributed by atoms with Gasteiger partial charge in [-0.2, -0.15) is 39.5 Å². The number of alkyl halides is 9. The first kappa shape index (κ1) is 35.3. The van der Waals surface area contributed by atoms with Crippen LogP contribution in [0.1, 0.15) is 54.6 Å². The van der Waals surface area contributed by atoms with Gasteiger partial charge in [0.05, 0.1) is 11.1 Å². The molecule has 1 aromatic heterocycles. The van der Waals surface area contributed by atoms with Gasteiger partial charge in [-0.05, 0) is 41.4 Å². The molecule has 0 spiro atoms. The summed E-state index contributed by atoms with van der Waals surface area (Å²) in [5.41, 5.74) is -10.2. The number of nitrogens with zero attached hydrogens (tertiary/aromatic N) is 1. The van der Waals surface area contributed by atoms with Gasteiger partial charge < -0.3 is 14.3 Å². The summed E-state index contributed by atoms with van der Waals surface area (Å²) in [5, 5.41) is 8.92. The Bertz CT molecular complexity index is 1530. The Morgan fingerprint density at radius 2 is 1.43 bits per heavy atom. The van der Waals surface area contributed by atoms with E-state index in [0.717, 1.165) is 30.3 Å². The first-order valence-electron chi connectivity index (χ1n) is 13.1. The Labute approximate surface area is 248 Å². The topological polar surface area (TPSA) is 68.7 Å². The van der Waals surface area contributed by atoms with E-state index in [1.165, 1.54) is 6.07 Å². The monoisotopic (exact) mass is 655 g/mol. The number of pyridine rings is 1. The predicted octanol–water partition coefficient (Wildman–Crippen LogP) is 8.91. The van der Waals surface area contributed by atoms with E-state index in [-0.39, 0.29) is 0 Å². The second-order valence-corrected chi connectivity index (χ2v) is 16.5. The first-order chi connectivity index (χ1) is 19.9. The van der Waals surface area contributed by atoms with E-state index in [1.807, 2.05) is 20.8 Å². The summed E-state index contributed by atoms with van der Waals surface area (Å²) >= 11 is 0. The normalized spacial score (nSPS) is 15.7. The van der Waals surface area contributed by atoms with Crippen LogP contribution in [0.4, 0.5) is 39.5 Å². The fourth-order valence-corrected chi connectivity index (χ4v) is 5.63. The molecule has 1 N–H and O–H groups in total. The number of carboxylic acids is 1. The van der Waals surface area contributed by atoms with Crippen LogP contribution in [0.15, 0.2) is 48.5 Å². The Hall–Kier alpha value is -3.17. The Kier molecular flexibility index (Phi) is 9.34. The van der Waals surface area contributed by atoms with Gasteiger partial charge in [-0.3, -0.25) is 0 Å². The number of methoxy groups -OCH3 is 1. The number of halogens is 9. The van der Waals surface area contributed by atoms with Gasteiger partial charge in [0.2, 0.25) is 0 Å². The van der Waals surface area contributed by atoms with Crippen LogP contribution in [0.2, 0.25) is 18.1 Å². The predicted molar refractivity (Wildman–Crippen MR) is 146 cm³/mol. The average molecular weight is 656 g/mol. The number of carboxylic acid groups (broad SMARTS) is 1. The summed E-state index contributed by atoms with van der Waals surface area (Å²) in [6.45, 7) is 8.39. The fraction of sp³-hybridized carbons (Fsp3) is 0.448. The van der Waals surface area contributed by atoms with E-state index < -0.39 is 94.8 Å². The Balaban J connectivity index is 2.54. The van der Waals surface area contributed by atoms with Gasteiger partial charge in [-0.1, -0.05) is 57.2 Å². The maximum Gasteiger partial charge on any atom is 0.433 e.